The number of rotatable bonds is 8. The standard InChI is InChI=1S/C29H35N5O4/c1-6-24-25(20-33(26(24)7-2)22-8-10-23(11-9-22)34(36)37)27-30-15-19-31(27)16-12-21-13-17-32(18-14-21)28(35)38-29(3,4)5/h6-11,15,19-21H,1-2,12-14,16-18H2,3-5H3. The molecule has 3 heterocycles. The number of nitro groups is 1. The van der Waals surface area contributed by atoms with Crippen molar-refractivity contribution in [3.8, 4) is 17.1 Å². The minimum atomic E-state index is -0.487. The number of piperidine rings is 1. The third kappa shape index (κ3) is 5.88. The molecule has 0 saturated carbocycles. The van der Waals surface area contributed by atoms with E-state index in [1.807, 2.05) is 37.7 Å². The van der Waals surface area contributed by atoms with Gasteiger partial charge in [-0.3, -0.25) is 10.1 Å². The van der Waals surface area contributed by atoms with Crippen molar-refractivity contribution < 1.29 is 14.5 Å². The lowest BCUT2D eigenvalue weighted by Gasteiger charge is -2.33. The molecule has 0 spiro atoms. The van der Waals surface area contributed by atoms with Gasteiger partial charge in [-0.2, -0.15) is 0 Å². The smallest absolute Gasteiger partial charge is 0.410 e. The first-order valence-electron chi connectivity index (χ1n) is 12.9. The van der Waals surface area contributed by atoms with Crippen LogP contribution in [0, 0.1) is 16.0 Å². The van der Waals surface area contributed by atoms with Gasteiger partial charge in [0, 0.05) is 67.2 Å². The first kappa shape index (κ1) is 26.9. The number of aryl methyl sites for hydroxylation is 1. The van der Waals surface area contributed by atoms with E-state index in [9.17, 15) is 14.9 Å². The molecule has 0 aliphatic carbocycles. The van der Waals surface area contributed by atoms with Gasteiger partial charge in [0.05, 0.1) is 10.6 Å². The molecule has 3 aromatic rings. The fourth-order valence-corrected chi connectivity index (χ4v) is 4.87. The number of hydrogen-bond acceptors (Lipinski definition) is 5. The first-order valence-corrected chi connectivity index (χ1v) is 12.9. The van der Waals surface area contributed by atoms with E-state index in [1.54, 1.807) is 35.4 Å². The maximum atomic E-state index is 12.4. The summed E-state index contributed by atoms with van der Waals surface area (Å²) in [7, 11) is 0. The van der Waals surface area contributed by atoms with Gasteiger partial charge in [-0.1, -0.05) is 19.2 Å². The summed E-state index contributed by atoms with van der Waals surface area (Å²) in [6.07, 6.45) is 11.9. The van der Waals surface area contributed by atoms with Crippen LogP contribution in [0.4, 0.5) is 10.5 Å². The largest absolute Gasteiger partial charge is 0.444 e. The summed E-state index contributed by atoms with van der Waals surface area (Å²) in [5.74, 6) is 1.34. The molecule has 4 rings (SSSR count). The SMILES string of the molecule is C=Cc1c(-c2nccn2CCC2CCN(C(=O)OC(C)(C)C)CC2)cn(-c2ccc([N+](=O)[O-])cc2)c1C=C. The predicted octanol–water partition coefficient (Wildman–Crippen LogP) is 6.57. The highest BCUT2D eigenvalue weighted by atomic mass is 16.6. The summed E-state index contributed by atoms with van der Waals surface area (Å²) in [5, 5.41) is 11.1. The summed E-state index contributed by atoms with van der Waals surface area (Å²) in [6.45, 7) is 15.9. The third-order valence-electron chi connectivity index (χ3n) is 6.82. The molecule has 1 amide bonds. The van der Waals surface area contributed by atoms with E-state index in [-0.39, 0.29) is 11.8 Å². The number of imidazole rings is 1. The van der Waals surface area contributed by atoms with Crippen molar-refractivity contribution in [2.24, 2.45) is 5.92 Å². The Morgan fingerprint density at radius 3 is 2.45 bits per heavy atom. The van der Waals surface area contributed by atoms with E-state index in [0.29, 0.717) is 19.0 Å². The number of likely N-dealkylation sites (tertiary alicyclic amines) is 1. The van der Waals surface area contributed by atoms with Crippen molar-refractivity contribution in [3.05, 3.63) is 77.4 Å². The number of nitro benzene ring substituents is 1. The van der Waals surface area contributed by atoms with Gasteiger partial charge in [0.2, 0.25) is 0 Å². The summed E-state index contributed by atoms with van der Waals surface area (Å²) >= 11 is 0. The number of non-ortho nitro benzene ring substituents is 1. The minimum Gasteiger partial charge on any atom is -0.444 e. The quantitative estimate of drug-likeness (QED) is 0.249. The zero-order valence-corrected chi connectivity index (χ0v) is 22.3. The molecule has 1 aromatic carbocycles. The molecule has 0 radical (unpaired) electrons. The number of benzene rings is 1. The van der Waals surface area contributed by atoms with Crippen molar-refractivity contribution in [1.29, 1.82) is 0 Å². The predicted molar refractivity (Wildman–Crippen MR) is 149 cm³/mol. The van der Waals surface area contributed by atoms with E-state index < -0.39 is 10.5 Å². The van der Waals surface area contributed by atoms with E-state index in [4.69, 9.17) is 4.74 Å². The zero-order chi connectivity index (χ0) is 27.4. The molecule has 9 nitrogen and oxygen atoms in total. The Hall–Kier alpha value is -4.14. The lowest BCUT2D eigenvalue weighted by atomic mass is 9.93. The molecule has 0 bridgehead atoms. The number of amides is 1. The molecule has 2 aromatic heterocycles. The van der Waals surface area contributed by atoms with Crippen LogP contribution in [0.5, 0.6) is 0 Å². The highest BCUT2D eigenvalue weighted by Crippen LogP contribution is 2.32. The highest BCUT2D eigenvalue weighted by Gasteiger charge is 2.27. The monoisotopic (exact) mass is 517 g/mol. The Morgan fingerprint density at radius 2 is 1.87 bits per heavy atom. The highest BCUT2D eigenvalue weighted by molar-refractivity contribution is 5.78. The molecule has 0 N–H and O–H groups in total. The van der Waals surface area contributed by atoms with Crippen LogP contribution in [0.1, 0.15) is 51.3 Å². The summed E-state index contributed by atoms with van der Waals surface area (Å²) < 4.78 is 9.62. The van der Waals surface area contributed by atoms with Crippen LogP contribution in [-0.2, 0) is 11.3 Å². The van der Waals surface area contributed by atoms with Crippen molar-refractivity contribution >= 4 is 23.9 Å². The van der Waals surface area contributed by atoms with E-state index in [0.717, 1.165) is 54.1 Å². The number of carbonyl (C=O) groups is 1. The normalized spacial score (nSPS) is 14.3. The van der Waals surface area contributed by atoms with Crippen LogP contribution in [-0.4, -0.2) is 48.7 Å². The molecule has 1 saturated heterocycles. The van der Waals surface area contributed by atoms with Crippen molar-refractivity contribution in [3.63, 3.8) is 0 Å². The van der Waals surface area contributed by atoms with Crippen LogP contribution < -0.4 is 0 Å². The van der Waals surface area contributed by atoms with Crippen molar-refractivity contribution in [2.45, 2.75) is 52.2 Å². The summed E-state index contributed by atoms with van der Waals surface area (Å²) in [4.78, 5) is 29.5. The van der Waals surface area contributed by atoms with Gasteiger partial charge in [0.15, 0.2) is 0 Å². The van der Waals surface area contributed by atoms with E-state index in [2.05, 4.69) is 22.7 Å². The maximum absolute atomic E-state index is 12.4. The van der Waals surface area contributed by atoms with Gasteiger partial charge in [-0.25, -0.2) is 9.78 Å². The second-order valence-electron chi connectivity index (χ2n) is 10.5. The molecular weight excluding hydrogens is 482 g/mol. The van der Waals surface area contributed by atoms with Gasteiger partial charge >= 0.3 is 6.09 Å². The molecule has 0 atom stereocenters. The van der Waals surface area contributed by atoms with Crippen LogP contribution in [0.2, 0.25) is 0 Å². The Morgan fingerprint density at radius 1 is 1.18 bits per heavy atom. The number of hydrogen-bond donors (Lipinski definition) is 0. The summed E-state index contributed by atoms with van der Waals surface area (Å²) in [5.41, 5.74) is 2.99. The van der Waals surface area contributed by atoms with Crippen LogP contribution >= 0.6 is 0 Å². The van der Waals surface area contributed by atoms with Gasteiger partial charge < -0.3 is 18.8 Å². The van der Waals surface area contributed by atoms with Gasteiger partial charge in [-0.15, -0.1) is 0 Å². The number of nitrogens with zero attached hydrogens (tertiary/aromatic N) is 5. The van der Waals surface area contributed by atoms with Gasteiger partial charge in [0.1, 0.15) is 11.4 Å². The zero-order valence-electron chi connectivity index (χ0n) is 22.3. The average molecular weight is 518 g/mol. The third-order valence-corrected chi connectivity index (χ3v) is 6.82. The number of ether oxygens (including phenoxy) is 1. The molecular formula is C29H35N5O4. The molecule has 1 aliphatic rings. The van der Waals surface area contributed by atoms with E-state index in [1.165, 1.54) is 12.1 Å². The van der Waals surface area contributed by atoms with Crippen LogP contribution in [0.25, 0.3) is 29.2 Å². The summed E-state index contributed by atoms with van der Waals surface area (Å²) in [6, 6.07) is 6.42. The lowest BCUT2D eigenvalue weighted by molar-refractivity contribution is -0.384. The van der Waals surface area contributed by atoms with Crippen molar-refractivity contribution in [2.75, 3.05) is 13.1 Å². The molecule has 38 heavy (non-hydrogen) atoms. The average Bonchev–Trinajstić information content (AvgIpc) is 3.50. The Kier molecular flexibility index (Phi) is 7.85. The molecule has 200 valence electrons. The van der Waals surface area contributed by atoms with E-state index >= 15 is 0 Å². The topological polar surface area (TPSA) is 95.4 Å². The molecule has 0 unspecified atom stereocenters. The Labute approximate surface area is 223 Å². The fourth-order valence-electron chi connectivity index (χ4n) is 4.87. The fraction of sp³-hybridized carbons (Fsp3) is 0.379. The molecule has 1 aliphatic heterocycles. The number of carbonyl (C=O) groups excluding carboxylic acids is 1. The van der Waals surface area contributed by atoms with Crippen LogP contribution in [0.3, 0.4) is 0 Å². The molecule has 9 heteroatoms. The Balaban J connectivity index is 1.49. The lowest BCUT2D eigenvalue weighted by Crippen LogP contribution is -2.41. The molecule has 1 fully saturated rings. The second kappa shape index (κ2) is 11.1. The van der Waals surface area contributed by atoms with Crippen molar-refractivity contribution in [1.82, 2.24) is 19.0 Å². The first-order chi connectivity index (χ1) is 18.1. The van der Waals surface area contributed by atoms with Crippen LogP contribution in [0.15, 0.2) is 56.0 Å². The number of aromatic nitrogens is 3. The Bertz CT molecular complexity index is 1320. The minimum absolute atomic E-state index is 0.0395. The second-order valence-corrected chi connectivity index (χ2v) is 10.5. The van der Waals surface area contributed by atoms with Gasteiger partial charge in [-0.05, 0) is 64.2 Å². The van der Waals surface area contributed by atoms with Gasteiger partial charge in [0.25, 0.3) is 5.69 Å². The maximum Gasteiger partial charge on any atom is 0.410 e.